The topological polar surface area (TPSA) is 84.0 Å². The molecule has 0 saturated heterocycles. The lowest BCUT2D eigenvalue weighted by Crippen LogP contribution is -2.16. The normalized spacial score (nSPS) is 12.1. The number of hydrogen-bond donors (Lipinski definition) is 1. The molecule has 0 aliphatic rings. The van der Waals surface area contributed by atoms with Crippen molar-refractivity contribution in [2.24, 2.45) is 5.41 Å². The van der Waals surface area contributed by atoms with Crippen LogP contribution in [0.4, 0.5) is 5.69 Å². The van der Waals surface area contributed by atoms with E-state index < -0.39 is 15.3 Å². The largest absolute Gasteiger partial charge is 0.399 e. The van der Waals surface area contributed by atoms with Crippen LogP contribution in [0.5, 0.6) is 0 Å². The third kappa shape index (κ3) is 3.47. The van der Waals surface area contributed by atoms with Gasteiger partial charge >= 0.3 is 0 Å². The maximum atomic E-state index is 12.1. The monoisotopic (exact) mass is 266 g/mol. The Morgan fingerprint density at radius 2 is 2.00 bits per heavy atom. The molecule has 0 saturated carbocycles. The van der Waals surface area contributed by atoms with Crippen molar-refractivity contribution in [1.82, 2.24) is 0 Å². The smallest absolute Gasteiger partial charge is 0.178 e. The Bertz CT molecular complexity index is 583. The highest BCUT2D eigenvalue weighted by Gasteiger charge is 2.22. The molecule has 1 aromatic rings. The van der Waals surface area contributed by atoms with Gasteiger partial charge in [0.2, 0.25) is 0 Å². The van der Waals surface area contributed by atoms with Crippen LogP contribution in [0.1, 0.15) is 25.8 Å². The molecule has 0 bridgehead atoms. The number of sulfone groups is 1. The first-order valence-electron chi connectivity index (χ1n) is 5.68. The number of anilines is 1. The number of rotatable bonds is 4. The minimum Gasteiger partial charge on any atom is -0.399 e. The van der Waals surface area contributed by atoms with Crippen molar-refractivity contribution < 1.29 is 8.42 Å². The molecule has 5 heteroatoms. The van der Waals surface area contributed by atoms with Crippen LogP contribution < -0.4 is 5.73 Å². The van der Waals surface area contributed by atoms with Gasteiger partial charge in [0, 0.05) is 5.69 Å². The van der Waals surface area contributed by atoms with Gasteiger partial charge in [-0.3, -0.25) is 0 Å². The summed E-state index contributed by atoms with van der Waals surface area (Å²) in [5.41, 5.74) is 6.35. The van der Waals surface area contributed by atoms with E-state index >= 15 is 0 Å². The number of hydrogen-bond acceptors (Lipinski definition) is 4. The summed E-state index contributed by atoms with van der Waals surface area (Å²) in [6.07, 6.45) is 0.315. The molecule has 1 aromatic carbocycles. The van der Waals surface area contributed by atoms with Gasteiger partial charge in [-0.25, -0.2) is 8.42 Å². The van der Waals surface area contributed by atoms with E-state index in [2.05, 4.69) is 6.07 Å². The molecular formula is C13H18N2O2S. The van der Waals surface area contributed by atoms with Crippen molar-refractivity contribution >= 4 is 15.5 Å². The van der Waals surface area contributed by atoms with Crippen LogP contribution >= 0.6 is 0 Å². The lowest BCUT2D eigenvalue weighted by molar-refractivity contribution is 0.473. The molecule has 1 rings (SSSR count). The van der Waals surface area contributed by atoms with Crippen molar-refractivity contribution in [2.75, 3.05) is 11.5 Å². The predicted molar refractivity (Wildman–Crippen MR) is 71.7 cm³/mol. The van der Waals surface area contributed by atoms with Gasteiger partial charge in [-0.2, -0.15) is 5.26 Å². The Morgan fingerprint density at radius 1 is 1.39 bits per heavy atom. The standard InChI is InChI=1S/C13H18N2O2S/c1-10-8-11(4-5-12(10)15)18(16,17)7-6-13(2,3)9-14/h4-5,8H,6-7,15H2,1-3H3. The molecule has 0 heterocycles. The first-order valence-corrected chi connectivity index (χ1v) is 7.33. The zero-order chi connectivity index (χ0) is 14.0. The van der Waals surface area contributed by atoms with Gasteiger partial charge in [-0.15, -0.1) is 0 Å². The molecule has 0 unspecified atom stereocenters. The SMILES string of the molecule is Cc1cc(S(=O)(=O)CCC(C)(C)C#N)ccc1N. The van der Waals surface area contributed by atoms with E-state index in [4.69, 9.17) is 11.0 Å². The average molecular weight is 266 g/mol. The van der Waals surface area contributed by atoms with Gasteiger partial charge in [0.25, 0.3) is 0 Å². The lowest BCUT2D eigenvalue weighted by Gasteiger charge is -2.15. The fraction of sp³-hybridized carbons (Fsp3) is 0.462. The molecule has 0 aliphatic heterocycles. The summed E-state index contributed by atoms with van der Waals surface area (Å²) in [6.45, 7) is 5.24. The second kappa shape index (κ2) is 4.99. The molecule has 0 amide bonds. The Hall–Kier alpha value is -1.54. The van der Waals surface area contributed by atoms with Gasteiger partial charge in [0.1, 0.15) is 0 Å². The molecule has 2 N–H and O–H groups in total. The molecular weight excluding hydrogens is 248 g/mol. The molecule has 98 valence electrons. The van der Waals surface area contributed by atoms with E-state index in [9.17, 15) is 8.42 Å². The first-order chi connectivity index (χ1) is 8.18. The fourth-order valence-corrected chi connectivity index (χ4v) is 3.05. The van der Waals surface area contributed by atoms with Crippen LogP contribution in [0.2, 0.25) is 0 Å². The summed E-state index contributed by atoms with van der Waals surface area (Å²) in [7, 11) is -3.35. The van der Waals surface area contributed by atoms with E-state index in [-0.39, 0.29) is 10.6 Å². The highest BCUT2D eigenvalue weighted by molar-refractivity contribution is 7.91. The van der Waals surface area contributed by atoms with Crippen LogP contribution in [-0.2, 0) is 9.84 Å². The van der Waals surface area contributed by atoms with Gasteiger partial charge in [0.05, 0.1) is 22.1 Å². The van der Waals surface area contributed by atoms with Crippen LogP contribution in [0.3, 0.4) is 0 Å². The van der Waals surface area contributed by atoms with Gasteiger partial charge in [-0.1, -0.05) is 0 Å². The van der Waals surface area contributed by atoms with Gasteiger partial charge in [0.15, 0.2) is 9.84 Å². The maximum absolute atomic E-state index is 12.1. The number of nitrogen functional groups attached to an aromatic ring is 1. The van der Waals surface area contributed by atoms with E-state index in [1.807, 2.05) is 0 Å². The summed E-state index contributed by atoms with van der Waals surface area (Å²) in [5.74, 6) is -0.0308. The minimum atomic E-state index is -3.35. The third-order valence-electron chi connectivity index (χ3n) is 2.90. The number of aryl methyl sites for hydroxylation is 1. The van der Waals surface area contributed by atoms with E-state index in [0.717, 1.165) is 5.56 Å². The maximum Gasteiger partial charge on any atom is 0.178 e. The molecule has 0 spiro atoms. The summed E-state index contributed by atoms with van der Waals surface area (Å²) < 4.78 is 24.2. The van der Waals surface area contributed by atoms with Crippen molar-refractivity contribution in [1.29, 1.82) is 5.26 Å². The van der Waals surface area contributed by atoms with Crippen LogP contribution in [0.25, 0.3) is 0 Å². The van der Waals surface area contributed by atoms with E-state index in [1.54, 1.807) is 32.9 Å². The third-order valence-corrected chi connectivity index (χ3v) is 4.61. The zero-order valence-electron chi connectivity index (χ0n) is 10.9. The Balaban J connectivity index is 2.94. The van der Waals surface area contributed by atoms with E-state index in [1.165, 1.54) is 6.07 Å². The highest BCUT2D eigenvalue weighted by atomic mass is 32.2. The summed E-state index contributed by atoms with van der Waals surface area (Å²) in [5, 5.41) is 8.88. The van der Waals surface area contributed by atoms with Gasteiger partial charge in [-0.05, 0) is 51.0 Å². The Labute approximate surface area is 108 Å². The number of benzene rings is 1. The van der Waals surface area contributed by atoms with Crippen LogP contribution in [0.15, 0.2) is 23.1 Å². The number of nitrogens with zero attached hydrogens (tertiary/aromatic N) is 1. The van der Waals surface area contributed by atoms with Crippen molar-refractivity contribution in [3.63, 3.8) is 0 Å². The van der Waals surface area contributed by atoms with E-state index in [0.29, 0.717) is 12.1 Å². The molecule has 18 heavy (non-hydrogen) atoms. The van der Waals surface area contributed by atoms with Crippen LogP contribution in [0, 0.1) is 23.7 Å². The number of nitriles is 1. The zero-order valence-corrected chi connectivity index (χ0v) is 11.7. The van der Waals surface area contributed by atoms with Crippen LogP contribution in [-0.4, -0.2) is 14.2 Å². The number of nitrogens with two attached hydrogens (primary N) is 1. The lowest BCUT2D eigenvalue weighted by atomic mass is 9.93. The summed E-state index contributed by atoms with van der Waals surface area (Å²) >= 11 is 0. The molecule has 0 atom stereocenters. The Kier molecular flexibility index (Phi) is 4.02. The molecule has 4 nitrogen and oxygen atoms in total. The highest BCUT2D eigenvalue weighted by Crippen LogP contribution is 2.23. The second-order valence-corrected chi connectivity index (χ2v) is 7.19. The Morgan fingerprint density at radius 3 is 2.50 bits per heavy atom. The predicted octanol–water partition coefficient (Wildman–Crippen LogP) is 2.29. The second-order valence-electron chi connectivity index (χ2n) is 5.08. The first kappa shape index (κ1) is 14.5. The van der Waals surface area contributed by atoms with Gasteiger partial charge < -0.3 is 5.73 Å². The minimum absolute atomic E-state index is 0.0308. The van der Waals surface area contributed by atoms with Crippen molar-refractivity contribution in [3.05, 3.63) is 23.8 Å². The quantitative estimate of drug-likeness (QED) is 0.847. The molecule has 0 radical (unpaired) electrons. The van der Waals surface area contributed by atoms with Crippen molar-refractivity contribution in [2.45, 2.75) is 32.1 Å². The molecule has 0 aliphatic carbocycles. The average Bonchev–Trinajstić information content (AvgIpc) is 2.30. The fourth-order valence-electron chi connectivity index (χ4n) is 1.40. The summed E-state index contributed by atoms with van der Waals surface area (Å²) in [4.78, 5) is 0.267. The molecule has 0 aromatic heterocycles. The summed E-state index contributed by atoms with van der Waals surface area (Å²) in [6, 6.07) is 6.78. The van der Waals surface area contributed by atoms with Crippen molar-refractivity contribution in [3.8, 4) is 6.07 Å². The molecule has 0 fully saturated rings.